The van der Waals surface area contributed by atoms with Crippen molar-refractivity contribution in [1.82, 2.24) is 5.32 Å². The first kappa shape index (κ1) is 26.5. The van der Waals surface area contributed by atoms with E-state index in [1.807, 2.05) is 42.1 Å². The molecule has 4 atom stereocenters. The lowest BCUT2D eigenvalue weighted by Crippen LogP contribution is -2.64. The van der Waals surface area contributed by atoms with Crippen LogP contribution in [-0.4, -0.2) is 76.4 Å². The first-order valence-corrected chi connectivity index (χ1v) is 17.7. The molecule has 3 aliphatic heterocycles. The van der Waals surface area contributed by atoms with E-state index in [0.29, 0.717) is 24.3 Å². The molecule has 198 valence electrons. The minimum absolute atomic E-state index is 0.0534. The highest BCUT2D eigenvalue weighted by molar-refractivity contribution is 7.12. The van der Waals surface area contributed by atoms with E-state index < -0.39 is 13.9 Å². The van der Waals surface area contributed by atoms with Gasteiger partial charge in [-0.2, -0.15) is 0 Å². The van der Waals surface area contributed by atoms with Gasteiger partial charge in [-0.1, -0.05) is 32.9 Å². The van der Waals surface area contributed by atoms with Crippen molar-refractivity contribution >= 4 is 37.0 Å². The number of esters is 1. The number of rotatable bonds is 9. The molecule has 0 aromatic carbocycles. The van der Waals surface area contributed by atoms with Crippen molar-refractivity contribution in [2.24, 2.45) is 0 Å². The number of thiophene rings is 2. The molecular formula is C27H41N2O4S2Si+. The van der Waals surface area contributed by atoms with Crippen LogP contribution in [-0.2, 0) is 24.3 Å². The zero-order valence-electron chi connectivity index (χ0n) is 22.6. The second-order valence-corrected chi connectivity index (χ2v) is 19.0. The Balaban J connectivity index is 1.46. The fraction of sp³-hybridized carbons (Fsp3) is 0.667. The Kier molecular flexibility index (Phi) is 6.85. The zero-order chi connectivity index (χ0) is 25.9. The van der Waals surface area contributed by atoms with Crippen molar-refractivity contribution in [2.75, 3.05) is 27.2 Å². The van der Waals surface area contributed by atoms with Gasteiger partial charge in [0.05, 0.1) is 23.3 Å². The Morgan fingerprint density at radius 1 is 1.11 bits per heavy atom. The summed E-state index contributed by atoms with van der Waals surface area (Å²) < 4.78 is 20.7. The minimum Gasteiger partial charge on any atom is -0.459 e. The first-order chi connectivity index (χ1) is 16.9. The van der Waals surface area contributed by atoms with Crippen LogP contribution in [0, 0.1) is 0 Å². The number of piperidine rings is 1. The number of morpholine rings is 1. The van der Waals surface area contributed by atoms with Crippen LogP contribution in [0.3, 0.4) is 0 Å². The molecule has 0 spiro atoms. The predicted molar refractivity (Wildman–Crippen MR) is 148 cm³/mol. The zero-order valence-corrected chi connectivity index (χ0v) is 25.2. The molecule has 0 aliphatic carbocycles. The number of fused-ring (bicyclic) bond motifs is 5. The molecule has 36 heavy (non-hydrogen) atoms. The normalized spacial score (nSPS) is 31.8. The molecule has 2 bridgehead atoms. The van der Waals surface area contributed by atoms with Gasteiger partial charge in [-0.3, -0.25) is 0 Å². The fourth-order valence-corrected chi connectivity index (χ4v) is 9.34. The maximum absolute atomic E-state index is 14.4. The van der Waals surface area contributed by atoms with Gasteiger partial charge >= 0.3 is 5.97 Å². The molecule has 5 heterocycles. The average Bonchev–Trinajstić information content (AvgIpc) is 3.15. The van der Waals surface area contributed by atoms with E-state index in [2.05, 4.69) is 46.2 Å². The van der Waals surface area contributed by atoms with Gasteiger partial charge in [-0.05, 0) is 48.1 Å². The topological polar surface area (TPSA) is 60.1 Å². The lowest BCUT2D eigenvalue weighted by molar-refractivity contribution is -0.955. The van der Waals surface area contributed by atoms with Crippen molar-refractivity contribution in [2.45, 2.75) is 87.7 Å². The van der Waals surface area contributed by atoms with Crippen LogP contribution in [0.5, 0.6) is 0 Å². The Bertz CT molecular complexity index is 1010. The summed E-state index contributed by atoms with van der Waals surface area (Å²) in [6.07, 6.45) is 2.18. The van der Waals surface area contributed by atoms with Gasteiger partial charge in [0, 0.05) is 19.4 Å². The number of quaternary nitrogens is 1. The molecule has 6 nitrogen and oxygen atoms in total. The molecule has 0 radical (unpaired) electrons. The highest BCUT2D eigenvalue weighted by atomic mass is 32.1. The lowest BCUT2D eigenvalue weighted by Gasteiger charge is -2.49. The number of hydrogen-bond donors (Lipinski definition) is 1. The number of nitrogens with zero attached hydrogens (tertiary/aromatic N) is 1. The summed E-state index contributed by atoms with van der Waals surface area (Å²) in [5.74, 6) is -0.262. The number of likely N-dealkylation sites (N-methyl/N-ethyl adjacent to an activating group) is 2. The molecular weight excluding hydrogens is 509 g/mol. The number of nitrogens with one attached hydrogen (secondary N) is 1. The van der Waals surface area contributed by atoms with Crippen LogP contribution in [0.25, 0.3) is 0 Å². The number of carbonyl (C=O) groups excluding carboxylic acids is 1. The highest BCUT2D eigenvalue weighted by Crippen LogP contribution is 2.53. The number of ether oxygens (including phenoxy) is 2. The Morgan fingerprint density at radius 3 is 2.11 bits per heavy atom. The standard InChI is InChI=1S/C27H41N2O4S2Si/c1-26(2,3)36(6,7)33-27(21-10-8-14-34-21,22-11-9-15-35-22)25(30)31-18-16-19-23-24(32-23)20(17-18)29(19,5)13-12-28-4/h8-11,14-15,18-20,23-24,28H,12-13,16-17H2,1-7H3/q+1. The SMILES string of the molecule is CNCC[N+]1(C)C2CC(OC(=O)C(O[Si](C)(C)C(C)(C)C)(c3cccs3)c3cccs3)CC1C1OC12. The maximum Gasteiger partial charge on any atom is 0.348 e. The summed E-state index contributed by atoms with van der Waals surface area (Å²) in [6.45, 7) is 13.1. The number of epoxide rings is 1. The van der Waals surface area contributed by atoms with E-state index in [1.54, 1.807) is 22.7 Å². The smallest absolute Gasteiger partial charge is 0.348 e. The average molecular weight is 550 g/mol. The van der Waals surface area contributed by atoms with Crippen molar-refractivity contribution in [3.05, 3.63) is 44.8 Å². The van der Waals surface area contributed by atoms with E-state index in [-0.39, 0.29) is 17.1 Å². The van der Waals surface area contributed by atoms with E-state index in [1.165, 1.54) is 0 Å². The fourth-order valence-electron chi connectivity index (χ4n) is 6.03. The first-order valence-electron chi connectivity index (χ1n) is 13.1. The minimum atomic E-state index is -2.36. The lowest BCUT2D eigenvalue weighted by atomic mass is 9.94. The summed E-state index contributed by atoms with van der Waals surface area (Å²) in [4.78, 5) is 16.2. The maximum atomic E-state index is 14.4. The molecule has 0 amide bonds. The van der Waals surface area contributed by atoms with Crippen LogP contribution < -0.4 is 5.32 Å². The second-order valence-electron chi connectivity index (χ2n) is 12.4. The molecule has 1 N–H and O–H groups in total. The van der Waals surface area contributed by atoms with E-state index >= 15 is 0 Å². The second kappa shape index (κ2) is 9.29. The van der Waals surface area contributed by atoms with Gasteiger partial charge in [0.25, 0.3) is 0 Å². The van der Waals surface area contributed by atoms with Gasteiger partial charge in [-0.15, -0.1) is 22.7 Å². The molecule has 0 saturated carbocycles. The summed E-state index contributed by atoms with van der Waals surface area (Å²) in [5, 5.41) is 7.31. The van der Waals surface area contributed by atoms with Crippen molar-refractivity contribution in [3.63, 3.8) is 0 Å². The summed E-state index contributed by atoms with van der Waals surface area (Å²) in [5.41, 5.74) is -1.23. The van der Waals surface area contributed by atoms with E-state index in [4.69, 9.17) is 13.9 Å². The van der Waals surface area contributed by atoms with Gasteiger partial charge in [0.2, 0.25) is 5.60 Å². The van der Waals surface area contributed by atoms with Gasteiger partial charge in [0.1, 0.15) is 30.4 Å². The molecule has 2 aromatic rings. The van der Waals surface area contributed by atoms with Crippen LogP contribution in [0.15, 0.2) is 35.0 Å². The van der Waals surface area contributed by atoms with Crippen LogP contribution in [0.2, 0.25) is 18.1 Å². The van der Waals surface area contributed by atoms with Crippen LogP contribution in [0.4, 0.5) is 0 Å². The molecule has 2 aromatic heterocycles. The summed E-state index contributed by atoms with van der Waals surface area (Å²) >= 11 is 3.15. The van der Waals surface area contributed by atoms with Crippen LogP contribution in [0.1, 0.15) is 43.4 Å². The van der Waals surface area contributed by atoms with Crippen molar-refractivity contribution in [3.8, 4) is 0 Å². The Labute approximate surface area is 224 Å². The van der Waals surface area contributed by atoms with Crippen molar-refractivity contribution in [1.29, 1.82) is 0 Å². The number of carbonyl (C=O) groups is 1. The summed E-state index contributed by atoms with van der Waals surface area (Å²) in [7, 11) is 2.02. The molecule has 3 aliphatic rings. The van der Waals surface area contributed by atoms with Crippen LogP contribution >= 0.6 is 22.7 Å². The Hall–Kier alpha value is -1.07. The van der Waals surface area contributed by atoms with E-state index in [0.717, 1.165) is 40.2 Å². The summed E-state index contributed by atoms with van der Waals surface area (Å²) in [6, 6.07) is 8.80. The van der Waals surface area contributed by atoms with Crippen molar-refractivity contribution < 1.29 is 23.2 Å². The van der Waals surface area contributed by atoms with E-state index in [9.17, 15) is 4.79 Å². The monoisotopic (exact) mass is 549 g/mol. The molecule has 3 saturated heterocycles. The third-order valence-electron chi connectivity index (χ3n) is 9.20. The largest absolute Gasteiger partial charge is 0.459 e. The number of hydrogen-bond acceptors (Lipinski definition) is 7. The van der Waals surface area contributed by atoms with Gasteiger partial charge in [0.15, 0.2) is 8.32 Å². The predicted octanol–water partition coefficient (Wildman–Crippen LogP) is 4.96. The molecule has 5 rings (SSSR count). The quantitative estimate of drug-likeness (QED) is 0.207. The molecule has 3 fully saturated rings. The third-order valence-corrected chi connectivity index (χ3v) is 15.6. The highest BCUT2D eigenvalue weighted by Gasteiger charge is 2.72. The third kappa shape index (κ3) is 4.24. The van der Waals surface area contributed by atoms with Gasteiger partial charge in [-0.25, -0.2) is 4.79 Å². The molecule has 4 unspecified atom stereocenters. The molecule has 9 heteroatoms. The Morgan fingerprint density at radius 2 is 1.67 bits per heavy atom. The van der Waals surface area contributed by atoms with Gasteiger partial charge < -0.3 is 23.7 Å².